The van der Waals surface area contributed by atoms with Gasteiger partial charge in [0.05, 0.1) is 18.8 Å². The number of carbonyl (C=O) groups excluding carboxylic acids is 2. The van der Waals surface area contributed by atoms with E-state index in [2.05, 4.69) is 16.7 Å². The number of rotatable bonds is 6. The molecule has 0 aliphatic heterocycles. The van der Waals surface area contributed by atoms with Gasteiger partial charge in [-0.1, -0.05) is 6.58 Å². The van der Waals surface area contributed by atoms with Gasteiger partial charge in [-0.2, -0.15) is 0 Å². The molecule has 1 unspecified atom stereocenters. The molecule has 0 heterocycles. The van der Waals surface area contributed by atoms with Crippen LogP contribution >= 0.6 is 0 Å². The van der Waals surface area contributed by atoms with Gasteiger partial charge >= 0.3 is 11.9 Å². The molecule has 0 aromatic rings. The highest BCUT2D eigenvalue weighted by Gasteiger charge is 2.26. The van der Waals surface area contributed by atoms with Crippen LogP contribution in [0, 0.1) is 0 Å². The van der Waals surface area contributed by atoms with Gasteiger partial charge in [0, 0.05) is 0 Å². The third kappa shape index (κ3) is 4.09. The molecule has 3 N–H and O–H groups in total. The van der Waals surface area contributed by atoms with E-state index < -0.39 is 18.0 Å². The predicted molar refractivity (Wildman–Crippen MR) is 53.5 cm³/mol. The van der Waals surface area contributed by atoms with Crippen molar-refractivity contribution in [3.63, 3.8) is 0 Å². The Kier molecular flexibility index (Phi) is 6.32. The van der Waals surface area contributed by atoms with Gasteiger partial charge in [0.2, 0.25) is 0 Å². The summed E-state index contributed by atoms with van der Waals surface area (Å²) in [5.74, 6) is 3.79. The van der Waals surface area contributed by atoms with Crippen LogP contribution in [0.2, 0.25) is 0 Å². The summed E-state index contributed by atoms with van der Waals surface area (Å²) in [5.41, 5.74) is 2.08. The van der Waals surface area contributed by atoms with E-state index in [1.807, 2.05) is 0 Å². The van der Waals surface area contributed by atoms with Crippen LogP contribution in [0.25, 0.3) is 0 Å². The van der Waals surface area contributed by atoms with E-state index in [0.717, 1.165) is 0 Å². The summed E-state index contributed by atoms with van der Waals surface area (Å²) in [5, 5.41) is 0. The second kappa shape index (κ2) is 6.97. The highest BCUT2D eigenvalue weighted by Crippen LogP contribution is 2.04. The first-order valence-electron chi connectivity index (χ1n) is 4.57. The summed E-state index contributed by atoms with van der Waals surface area (Å²) in [6.45, 7) is 7.14. The molecule has 0 radical (unpaired) electrons. The van der Waals surface area contributed by atoms with Crippen LogP contribution in [-0.2, 0) is 19.1 Å². The lowest BCUT2D eigenvalue weighted by Gasteiger charge is -2.15. The van der Waals surface area contributed by atoms with Crippen LogP contribution in [0.4, 0.5) is 0 Å². The molecular formula is C9H16N2O4. The van der Waals surface area contributed by atoms with Crippen molar-refractivity contribution < 1.29 is 19.1 Å². The summed E-state index contributed by atoms with van der Waals surface area (Å²) >= 11 is 0. The van der Waals surface area contributed by atoms with E-state index in [1.165, 1.54) is 0 Å². The van der Waals surface area contributed by atoms with E-state index in [-0.39, 0.29) is 18.8 Å². The maximum atomic E-state index is 11.3. The Bertz CT molecular complexity index is 252. The Morgan fingerprint density at radius 1 is 1.33 bits per heavy atom. The Labute approximate surface area is 88.4 Å². The Morgan fingerprint density at radius 2 is 1.87 bits per heavy atom. The first kappa shape index (κ1) is 13.6. The van der Waals surface area contributed by atoms with Crippen molar-refractivity contribution in [2.45, 2.75) is 19.9 Å². The molecule has 15 heavy (non-hydrogen) atoms. The SMILES string of the molecule is C=C(C(=O)OCC)C(NN)C(=O)OCC. The molecule has 1 atom stereocenters. The average Bonchev–Trinajstić information content (AvgIpc) is 2.19. The van der Waals surface area contributed by atoms with Crippen molar-refractivity contribution in [1.29, 1.82) is 0 Å². The molecule has 6 heteroatoms. The molecule has 0 amide bonds. The van der Waals surface area contributed by atoms with Crippen LogP contribution in [0.3, 0.4) is 0 Å². The first-order chi connectivity index (χ1) is 7.08. The lowest BCUT2D eigenvalue weighted by molar-refractivity contribution is -0.148. The minimum absolute atomic E-state index is 0.0715. The van der Waals surface area contributed by atoms with Crippen LogP contribution in [-0.4, -0.2) is 31.2 Å². The molecule has 0 saturated carbocycles. The minimum atomic E-state index is -1.07. The molecule has 0 aromatic carbocycles. The Hall–Kier alpha value is -1.40. The number of carbonyl (C=O) groups is 2. The number of hydrazine groups is 1. The monoisotopic (exact) mass is 216 g/mol. The molecule has 86 valence electrons. The van der Waals surface area contributed by atoms with Crippen LogP contribution in [0.1, 0.15) is 13.8 Å². The van der Waals surface area contributed by atoms with Crippen LogP contribution in [0.15, 0.2) is 12.2 Å². The fraction of sp³-hybridized carbons (Fsp3) is 0.556. The van der Waals surface area contributed by atoms with Crippen molar-refractivity contribution in [3.05, 3.63) is 12.2 Å². The largest absolute Gasteiger partial charge is 0.465 e. The van der Waals surface area contributed by atoms with Gasteiger partial charge in [0.1, 0.15) is 0 Å². The van der Waals surface area contributed by atoms with Gasteiger partial charge in [0.25, 0.3) is 0 Å². The van der Waals surface area contributed by atoms with E-state index >= 15 is 0 Å². The number of hydrogen-bond acceptors (Lipinski definition) is 6. The molecule has 0 spiro atoms. The third-order valence-electron chi connectivity index (χ3n) is 1.58. The number of nitrogens with one attached hydrogen (secondary N) is 1. The van der Waals surface area contributed by atoms with E-state index in [0.29, 0.717) is 0 Å². The van der Waals surface area contributed by atoms with Gasteiger partial charge in [-0.05, 0) is 13.8 Å². The number of ether oxygens (including phenoxy) is 2. The molecule has 0 fully saturated rings. The van der Waals surface area contributed by atoms with E-state index in [1.54, 1.807) is 13.8 Å². The smallest absolute Gasteiger partial charge is 0.335 e. The molecule has 6 nitrogen and oxygen atoms in total. The summed E-state index contributed by atoms with van der Waals surface area (Å²) < 4.78 is 9.37. The van der Waals surface area contributed by atoms with Crippen LogP contribution < -0.4 is 11.3 Å². The fourth-order valence-electron chi connectivity index (χ4n) is 0.878. The number of nitrogens with two attached hydrogens (primary N) is 1. The van der Waals surface area contributed by atoms with Crippen molar-refractivity contribution in [3.8, 4) is 0 Å². The number of hydrogen-bond donors (Lipinski definition) is 2. The maximum Gasteiger partial charge on any atom is 0.335 e. The fourth-order valence-corrected chi connectivity index (χ4v) is 0.878. The summed E-state index contributed by atoms with van der Waals surface area (Å²) in [4.78, 5) is 22.5. The zero-order chi connectivity index (χ0) is 11.8. The molecular weight excluding hydrogens is 200 g/mol. The third-order valence-corrected chi connectivity index (χ3v) is 1.58. The first-order valence-corrected chi connectivity index (χ1v) is 4.57. The lowest BCUT2D eigenvalue weighted by Crippen LogP contribution is -2.45. The molecule has 0 aliphatic rings. The standard InChI is InChI=1S/C9H16N2O4/c1-4-14-8(12)6(3)7(11-10)9(13)15-5-2/h7,11H,3-5,10H2,1-2H3. The maximum absolute atomic E-state index is 11.3. The predicted octanol–water partition coefficient (Wildman–Crippen LogP) is -0.499. The lowest BCUT2D eigenvalue weighted by atomic mass is 10.1. The van der Waals surface area contributed by atoms with E-state index in [9.17, 15) is 9.59 Å². The number of esters is 2. The second-order valence-corrected chi connectivity index (χ2v) is 2.60. The van der Waals surface area contributed by atoms with Gasteiger partial charge in [-0.15, -0.1) is 0 Å². The molecule has 0 rings (SSSR count). The summed E-state index contributed by atoms with van der Waals surface area (Å²) in [6.07, 6.45) is 0. The molecule has 0 saturated heterocycles. The van der Waals surface area contributed by atoms with Gasteiger partial charge in [-0.25, -0.2) is 15.0 Å². The zero-order valence-corrected chi connectivity index (χ0v) is 8.91. The topological polar surface area (TPSA) is 90.6 Å². The summed E-state index contributed by atoms with van der Waals surface area (Å²) in [7, 11) is 0. The molecule has 0 aliphatic carbocycles. The molecule has 0 bridgehead atoms. The molecule has 0 aromatic heterocycles. The highest BCUT2D eigenvalue weighted by atomic mass is 16.5. The minimum Gasteiger partial charge on any atom is -0.465 e. The van der Waals surface area contributed by atoms with Crippen molar-refractivity contribution >= 4 is 11.9 Å². The quantitative estimate of drug-likeness (QED) is 0.269. The normalized spacial score (nSPS) is 11.7. The van der Waals surface area contributed by atoms with E-state index in [4.69, 9.17) is 10.6 Å². The Morgan fingerprint density at radius 3 is 2.27 bits per heavy atom. The second-order valence-electron chi connectivity index (χ2n) is 2.60. The average molecular weight is 216 g/mol. The highest BCUT2D eigenvalue weighted by molar-refractivity contribution is 5.97. The van der Waals surface area contributed by atoms with Gasteiger partial charge in [-0.3, -0.25) is 5.84 Å². The van der Waals surface area contributed by atoms with Crippen molar-refractivity contribution in [2.24, 2.45) is 5.84 Å². The van der Waals surface area contributed by atoms with Gasteiger partial charge in [0.15, 0.2) is 6.04 Å². The van der Waals surface area contributed by atoms with Crippen molar-refractivity contribution in [1.82, 2.24) is 5.43 Å². The zero-order valence-electron chi connectivity index (χ0n) is 8.91. The Balaban J connectivity index is 4.46. The van der Waals surface area contributed by atoms with Crippen LogP contribution in [0.5, 0.6) is 0 Å². The summed E-state index contributed by atoms with van der Waals surface area (Å²) in [6, 6.07) is -1.07. The van der Waals surface area contributed by atoms with Gasteiger partial charge < -0.3 is 9.47 Å². The van der Waals surface area contributed by atoms with Crippen molar-refractivity contribution in [2.75, 3.05) is 13.2 Å².